The zero-order chi connectivity index (χ0) is 27.7. The van der Waals surface area contributed by atoms with Gasteiger partial charge in [-0.1, -0.05) is 6.92 Å². The number of aromatic nitrogens is 3. The maximum Gasteiger partial charge on any atom is 0.263 e. The number of nitrogens with one attached hydrogen (secondary N) is 3. The first kappa shape index (κ1) is 27.0. The average Bonchev–Trinajstić information content (AvgIpc) is 3.68. The number of rotatable bonds is 9. The number of halogens is 3. The van der Waals surface area contributed by atoms with Crippen LogP contribution in [-0.4, -0.2) is 51.6 Å². The number of H-pyrrole nitrogens is 1. The third kappa shape index (κ3) is 5.86. The lowest BCUT2D eigenvalue weighted by Crippen LogP contribution is -2.49. The fourth-order valence-corrected chi connectivity index (χ4v) is 5.07. The highest BCUT2D eigenvalue weighted by Gasteiger charge is 2.33. The van der Waals surface area contributed by atoms with Crippen molar-refractivity contribution in [1.29, 1.82) is 0 Å². The lowest BCUT2D eigenvalue weighted by atomic mass is 9.89. The second-order valence-electron chi connectivity index (χ2n) is 10.4. The molecule has 0 spiro atoms. The van der Waals surface area contributed by atoms with Crippen LogP contribution in [0.4, 0.5) is 13.2 Å². The van der Waals surface area contributed by atoms with Crippen molar-refractivity contribution in [2.75, 3.05) is 6.61 Å². The molecule has 0 unspecified atom stereocenters. The van der Waals surface area contributed by atoms with E-state index in [0.717, 1.165) is 12.8 Å². The van der Waals surface area contributed by atoms with Crippen LogP contribution in [0.3, 0.4) is 0 Å². The molecule has 5 rings (SSSR count). The topological polar surface area (TPSA) is 109 Å². The Balaban J connectivity index is 1.41. The number of ether oxygens (including phenoxy) is 1. The third-order valence-corrected chi connectivity index (χ3v) is 7.46. The molecule has 1 aromatic carbocycles. The Labute approximate surface area is 224 Å². The molecule has 2 heterocycles. The summed E-state index contributed by atoms with van der Waals surface area (Å²) in [6, 6.07) is 3.27. The lowest BCUT2D eigenvalue weighted by molar-refractivity contribution is -0.122. The van der Waals surface area contributed by atoms with Crippen molar-refractivity contribution in [2.45, 2.75) is 77.1 Å². The van der Waals surface area contributed by atoms with Crippen LogP contribution >= 0.6 is 0 Å². The van der Waals surface area contributed by atoms with Crippen LogP contribution in [0, 0.1) is 12.8 Å². The van der Waals surface area contributed by atoms with Gasteiger partial charge in [0.25, 0.3) is 12.3 Å². The van der Waals surface area contributed by atoms with Crippen LogP contribution in [0.15, 0.2) is 24.5 Å². The van der Waals surface area contributed by atoms with E-state index in [0.29, 0.717) is 59.1 Å². The normalized spacial score (nSPS) is 21.2. The van der Waals surface area contributed by atoms with Crippen LogP contribution < -0.4 is 15.4 Å². The zero-order valence-electron chi connectivity index (χ0n) is 21.9. The van der Waals surface area contributed by atoms with E-state index in [1.807, 2.05) is 0 Å². The van der Waals surface area contributed by atoms with Gasteiger partial charge in [-0.25, -0.2) is 23.1 Å². The molecule has 3 aromatic rings. The number of hydrogen-bond acceptors (Lipinski definition) is 5. The molecule has 0 radical (unpaired) electrons. The van der Waals surface area contributed by atoms with Crippen LogP contribution in [-0.2, 0) is 4.79 Å². The fraction of sp³-hybridized carbons (Fsp3) is 0.500. The molecule has 11 heteroatoms. The monoisotopic (exact) mass is 543 g/mol. The molecule has 2 fully saturated rings. The van der Waals surface area contributed by atoms with Crippen LogP contribution in [0.25, 0.3) is 22.3 Å². The number of nitrogens with zero attached hydrogens (tertiary/aromatic N) is 2. The first-order valence-corrected chi connectivity index (χ1v) is 13.4. The van der Waals surface area contributed by atoms with Crippen molar-refractivity contribution in [2.24, 2.45) is 5.92 Å². The van der Waals surface area contributed by atoms with Crippen molar-refractivity contribution in [3.63, 3.8) is 0 Å². The number of benzene rings is 1. The summed E-state index contributed by atoms with van der Waals surface area (Å²) in [5.74, 6) is 0.284. The van der Waals surface area contributed by atoms with Gasteiger partial charge in [0, 0.05) is 35.7 Å². The molecule has 2 aliphatic rings. The maximum absolute atomic E-state index is 14.7. The second kappa shape index (κ2) is 11.2. The van der Waals surface area contributed by atoms with E-state index >= 15 is 0 Å². The van der Waals surface area contributed by atoms with Gasteiger partial charge in [-0.3, -0.25) is 9.59 Å². The summed E-state index contributed by atoms with van der Waals surface area (Å²) in [5.41, 5.74) is 2.16. The number of hydrogen-bond donors (Lipinski definition) is 3. The molecule has 2 saturated carbocycles. The summed E-state index contributed by atoms with van der Waals surface area (Å²) in [5, 5.41) is 5.61. The highest BCUT2D eigenvalue weighted by molar-refractivity contribution is 6.09. The molecule has 2 amide bonds. The molecule has 2 aliphatic carbocycles. The molecule has 3 N–H and O–H groups in total. The van der Waals surface area contributed by atoms with E-state index in [2.05, 4.69) is 25.6 Å². The number of fused-ring (bicyclic) bond motifs is 1. The predicted molar refractivity (Wildman–Crippen MR) is 139 cm³/mol. The van der Waals surface area contributed by atoms with E-state index in [4.69, 9.17) is 4.74 Å². The highest BCUT2D eigenvalue weighted by Crippen LogP contribution is 2.38. The van der Waals surface area contributed by atoms with Gasteiger partial charge in [0.15, 0.2) is 0 Å². The van der Waals surface area contributed by atoms with Gasteiger partial charge in [-0.2, -0.15) is 0 Å². The summed E-state index contributed by atoms with van der Waals surface area (Å²) >= 11 is 0. The molecule has 0 saturated heterocycles. The van der Waals surface area contributed by atoms with Crippen molar-refractivity contribution in [3.05, 3.63) is 41.3 Å². The first-order valence-electron chi connectivity index (χ1n) is 13.4. The minimum atomic E-state index is -2.67. The number of carbonyl (C=O) groups is 2. The van der Waals surface area contributed by atoms with Gasteiger partial charge in [0.2, 0.25) is 5.91 Å². The Morgan fingerprint density at radius 3 is 2.64 bits per heavy atom. The number of aromatic amines is 1. The Bertz CT molecular complexity index is 1370. The highest BCUT2D eigenvalue weighted by atomic mass is 19.3. The number of amides is 2. The minimum Gasteiger partial charge on any atom is -0.493 e. The Kier molecular flexibility index (Phi) is 7.76. The quantitative estimate of drug-likeness (QED) is 0.345. The molecule has 3 atom stereocenters. The van der Waals surface area contributed by atoms with E-state index in [1.54, 1.807) is 13.8 Å². The van der Waals surface area contributed by atoms with E-state index < -0.39 is 30.6 Å². The summed E-state index contributed by atoms with van der Waals surface area (Å²) in [6.07, 6.45) is 0.816. The molecule has 39 heavy (non-hydrogen) atoms. The third-order valence-electron chi connectivity index (χ3n) is 7.46. The van der Waals surface area contributed by atoms with Gasteiger partial charge in [0.1, 0.15) is 29.5 Å². The molecule has 0 bridgehead atoms. The standard InChI is InChI=1S/C28H32F3N5O3/c1-3-22(37)36-20-8-7-17(11-19(20)29)35-28(38)23-14(2)34-26-24(32-13-33-25(23)26)18-10-16(27(30)31)6-9-21(18)39-12-15-4-5-15/h6,9-10,13,15,17,19-20,27,34H,3-5,7-8,11-12H2,1-2H3,(H,35,38)(H,36,37)/t17-,19-,20+/m1/s1. The SMILES string of the molecule is CCC(=O)N[C@H]1CC[C@@H](NC(=O)c2c(C)[nH]c3c(-c4cc(C(F)F)ccc4OCC4CC4)ncnc23)C[C@H]1F. The van der Waals surface area contributed by atoms with Gasteiger partial charge < -0.3 is 20.4 Å². The molecule has 0 aliphatic heterocycles. The number of aryl methyl sites for hydroxylation is 1. The molecule has 2 aromatic heterocycles. The first-order chi connectivity index (χ1) is 18.7. The van der Waals surface area contributed by atoms with Crippen LogP contribution in [0.5, 0.6) is 5.75 Å². The summed E-state index contributed by atoms with van der Waals surface area (Å²) in [7, 11) is 0. The number of alkyl halides is 3. The molecule has 208 valence electrons. The summed E-state index contributed by atoms with van der Waals surface area (Å²) < 4.78 is 47.9. The van der Waals surface area contributed by atoms with Crippen molar-refractivity contribution in [1.82, 2.24) is 25.6 Å². The van der Waals surface area contributed by atoms with Gasteiger partial charge in [0.05, 0.1) is 23.7 Å². The molecule has 8 nitrogen and oxygen atoms in total. The van der Waals surface area contributed by atoms with E-state index in [9.17, 15) is 22.8 Å². The van der Waals surface area contributed by atoms with Gasteiger partial charge in [-0.05, 0) is 56.7 Å². The van der Waals surface area contributed by atoms with Crippen molar-refractivity contribution < 1.29 is 27.5 Å². The zero-order valence-corrected chi connectivity index (χ0v) is 21.9. The Morgan fingerprint density at radius 1 is 1.15 bits per heavy atom. The predicted octanol–water partition coefficient (Wildman–Crippen LogP) is 5.17. The van der Waals surface area contributed by atoms with Crippen LogP contribution in [0.1, 0.15) is 73.5 Å². The minimum absolute atomic E-state index is 0.0875. The van der Waals surface area contributed by atoms with Crippen molar-refractivity contribution >= 4 is 22.8 Å². The largest absolute Gasteiger partial charge is 0.493 e. The van der Waals surface area contributed by atoms with Crippen molar-refractivity contribution in [3.8, 4) is 17.0 Å². The number of carbonyl (C=O) groups excluding carboxylic acids is 2. The average molecular weight is 544 g/mol. The van der Waals surface area contributed by atoms with E-state index in [-0.39, 0.29) is 29.9 Å². The van der Waals surface area contributed by atoms with E-state index in [1.165, 1.54) is 24.5 Å². The fourth-order valence-electron chi connectivity index (χ4n) is 5.07. The lowest BCUT2D eigenvalue weighted by Gasteiger charge is -2.32. The molecular weight excluding hydrogens is 511 g/mol. The smallest absolute Gasteiger partial charge is 0.263 e. The summed E-state index contributed by atoms with van der Waals surface area (Å²) in [4.78, 5) is 36.9. The maximum atomic E-state index is 14.7. The second-order valence-corrected chi connectivity index (χ2v) is 10.4. The van der Waals surface area contributed by atoms with Gasteiger partial charge >= 0.3 is 0 Å². The Morgan fingerprint density at radius 2 is 1.95 bits per heavy atom. The van der Waals surface area contributed by atoms with Gasteiger partial charge in [-0.15, -0.1) is 0 Å². The molecular formula is C28H32F3N5O3. The van der Waals surface area contributed by atoms with Crippen LogP contribution in [0.2, 0.25) is 0 Å². The Hall–Kier alpha value is -3.63. The summed E-state index contributed by atoms with van der Waals surface area (Å²) in [6.45, 7) is 3.92.